The van der Waals surface area contributed by atoms with E-state index in [9.17, 15) is 4.39 Å². The molecule has 0 unspecified atom stereocenters. The van der Waals surface area contributed by atoms with E-state index in [0.29, 0.717) is 11.7 Å². The monoisotopic (exact) mass is 471 g/mol. The van der Waals surface area contributed by atoms with Crippen molar-refractivity contribution in [2.75, 3.05) is 12.8 Å². The van der Waals surface area contributed by atoms with Crippen molar-refractivity contribution in [2.45, 2.75) is 38.5 Å². The number of nitrogens with one attached hydrogen (secondary N) is 1. The average molecular weight is 472 g/mol. The molecule has 6 nitrogen and oxygen atoms in total. The molecule has 35 heavy (non-hydrogen) atoms. The van der Waals surface area contributed by atoms with Gasteiger partial charge in [0, 0.05) is 36.4 Å². The van der Waals surface area contributed by atoms with Crippen LogP contribution in [0.15, 0.2) is 60.9 Å². The standard InChI is InChI=1S/C27H26FN5.CH4O/c1-16-5-7-18(8-6-16)27-32-24(25-26(29)30-13-14-33(25)27)22-15-19-3-2-4-21(23(19)31-22)17-9-11-20(28)12-10-17;1-2/h2-4,9-16,18,31H,5-8H2,1H3,(H2,29,30);2H,1H3. The highest BCUT2D eigenvalue weighted by Gasteiger charge is 2.26. The van der Waals surface area contributed by atoms with Gasteiger partial charge in [-0.05, 0) is 42.5 Å². The molecule has 0 amide bonds. The number of imidazole rings is 1. The molecule has 0 radical (unpaired) electrons. The van der Waals surface area contributed by atoms with E-state index in [-0.39, 0.29) is 5.82 Å². The van der Waals surface area contributed by atoms with Gasteiger partial charge in [0.2, 0.25) is 0 Å². The van der Waals surface area contributed by atoms with Crippen LogP contribution >= 0.6 is 0 Å². The minimum Gasteiger partial charge on any atom is -0.400 e. The lowest BCUT2D eigenvalue weighted by molar-refractivity contribution is 0.339. The highest BCUT2D eigenvalue weighted by molar-refractivity contribution is 5.98. The maximum absolute atomic E-state index is 13.5. The Morgan fingerprint density at radius 3 is 2.54 bits per heavy atom. The summed E-state index contributed by atoms with van der Waals surface area (Å²) in [7, 11) is 1.00. The molecule has 5 aromatic rings. The maximum atomic E-state index is 13.5. The molecule has 0 atom stereocenters. The number of hydrogen-bond acceptors (Lipinski definition) is 4. The molecule has 1 saturated carbocycles. The van der Waals surface area contributed by atoms with Crippen LogP contribution in [0.25, 0.3) is 38.9 Å². The van der Waals surface area contributed by atoms with E-state index in [1.54, 1.807) is 18.3 Å². The molecule has 0 spiro atoms. The van der Waals surface area contributed by atoms with Crippen molar-refractivity contribution in [1.29, 1.82) is 0 Å². The van der Waals surface area contributed by atoms with Gasteiger partial charge in [-0.25, -0.2) is 14.4 Å². The number of fused-ring (bicyclic) bond motifs is 2. The van der Waals surface area contributed by atoms with E-state index in [1.165, 1.54) is 25.0 Å². The summed E-state index contributed by atoms with van der Waals surface area (Å²) in [4.78, 5) is 13.1. The predicted octanol–water partition coefficient (Wildman–Crippen LogP) is 6.17. The lowest BCUT2D eigenvalue weighted by Crippen LogP contribution is -2.13. The second kappa shape index (κ2) is 9.50. The molecule has 6 rings (SSSR count). The van der Waals surface area contributed by atoms with E-state index in [2.05, 4.69) is 33.4 Å². The summed E-state index contributed by atoms with van der Waals surface area (Å²) in [5.41, 5.74) is 11.9. The first-order valence-electron chi connectivity index (χ1n) is 12.0. The van der Waals surface area contributed by atoms with Gasteiger partial charge in [-0.3, -0.25) is 4.40 Å². The number of H-pyrrole nitrogens is 1. The Hall–Kier alpha value is -3.71. The number of rotatable bonds is 3. The molecule has 3 aromatic heterocycles. The lowest BCUT2D eigenvalue weighted by Gasteiger charge is -2.25. The first-order chi connectivity index (χ1) is 17.1. The zero-order valence-electron chi connectivity index (χ0n) is 20.0. The third kappa shape index (κ3) is 4.17. The topological polar surface area (TPSA) is 92.2 Å². The van der Waals surface area contributed by atoms with E-state index < -0.39 is 0 Å². The number of hydrogen-bond donors (Lipinski definition) is 3. The number of anilines is 1. The SMILES string of the molecule is CC1CCC(c2nc(-c3cc4cccc(-c5ccc(F)cc5)c4[nH]3)c3c(N)nccn23)CC1.CO. The number of para-hydroxylation sites is 1. The van der Waals surface area contributed by atoms with Crippen molar-refractivity contribution in [3.05, 3.63) is 72.6 Å². The number of halogens is 1. The van der Waals surface area contributed by atoms with Crippen LogP contribution in [-0.2, 0) is 0 Å². The number of benzene rings is 2. The Morgan fingerprint density at radius 1 is 1.06 bits per heavy atom. The number of aromatic nitrogens is 4. The summed E-state index contributed by atoms with van der Waals surface area (Å²) in [6.45, 7) is 2.33. The van der Waals surface area contributed by atoms with Gasteiger partial charge in [0.15, 0.2) is 0 Å². The van der Waals surface area contributed by atoms with Crippen molar-refractivity contribution in [3.63, 3.8) is 0 Å². The van der Waals surface area contributed by atoms with Crippen molar-refractivity contribution in [1.82, 2.24) is 19.4 Å². The van der Waals surface area contributed by atoms with Crippen LogP contribution in [-0.4, -0.2) is 31.6 Å². The van der Waals surface area contributed by atoms with Gasteiger partial charge < -0.3 is 15.8 Å². The minimum atomic E-state index is -0.241. The third-order valence-corrected chi connectivity index (χ3v) is 7.06. The van der Waals surface area contributed by atoms with Crippen LogP contribution in [0.2, 0.25) is 0 Å². The van der Waals surface area contributed by atoms with Crippen molar-refractivity contribution >= 4 is 22.2 Å². The van der Waals surface area contributed by atoms with E-state index in [1.807, 2.05) is 18.3 Å². The van der Waals surface area contributed by atoms with Crippen LogP contribution in [0.4, 0.5) is 10.2 Å². The van der Waals surface area contributed by atoms with Crippen molar-refractivity contribution < 1.29 is 9.50 Å². The maximum Gasteiger partial charge on any atom is 0.150 e. The summed E-state index contributed by atoms with van der Waals surface area (Å²) in [5, 5.41) is 8.07. The number of aromatic amines is 1. The zero-order valence-corrected chi connectivity index (χ0v) is 20.0. The van der Waals surface area contributed by atoms with Crippen LogP contribution in [0.5, 0.6) is 0 Å². The number of aliphatic hydroxyl groups excluding tert-OH is 1. The largest absolute Gasteiger partial charge is 0.400 e. The second-order valence-corrected chi connectivity index (χ2v) is 9.27. The van der Waals surface area contributed by atoms with Gasteiger partial charge in [0.1, 0.15) is 28.7 Å². The molecular formula is C28H30FN5O. The smallest absolute Gasteiger partial charge is 0.150 e. The predicted molar refractivity (Wildman–Crippen MR) is 139 cm³/mol. The fourth-order valence-electron chi connectivity index (χ4n) is 5.23. The highest BCUT2D eigenvalue weighted by atomic mass is 19.1. The molecule has 2 aromatic carbocycles. The lowest BCUT2D eigenvalue weighted by atomic mass is 9.82. The second-order valence-electron chi connectivity index (χ2n) is 9.27. The van der Waals surface area contributed by atoms with Crippen molar-refractivity contribution in [2.24, 2.45) is 5.92 Å². The van der Waals surface area contributed by atoms with Gasteiger partial charge in [0.25, 0.3) is 0 Å². The fraction of sp³-hybridized carbons (Fsp3) is 0.286. The van der Waals surface area contributed by atoms with Crippen LogP contribution in [0.3, 0.4) is 0 Å². The molecule has 7 heteroatoms. The number of nitrogens with two attached hydrogens (primary N) is 1. The minimum absolute atomic E-state index is 0.241. The third-order valence-electron chi connectivity index (χ3n) is 7.06. The first-order valence-corrected chi connectivity index (χ1v) is 12.0. The normalized spacial score (nSPS) is 17.9. The van der Waals surface area contributed by atoms with Crippen LogP contribution in [0.1, 0.15) is 44.3 Å². The van der Waals surface area contributed by atoms with Crippen molar-refractivity contribution in [3.8, 4) is 22.5 Å². The molecule has 1 aliphatic carbocycles. The molecule has 180 valence electrons. The van der Waals surface area contributed by atoms with Crippen LogP contribution < -0.4 is 5.73 Å². The van der Waals surface area contributed by atoms with Gasteiger partial charge in [-0.2, -0.15) is 0 Å². The summed E-state index contributed by atoms with van der Waals surface area (Å²) in [5.74, 6) is 2.50. The first kappa shape index (κ1) is 23.1. The Kier molecular flexibility index (Phi) is 6.26. The summed E-state index contributed by atoms with van der Waals surface area (Å²) >= 11 is 0. The van der Waals surface area contributed by atoms with Gasteiger partial charge >= 0.3 is 0 Å². The zero-order chi connectivity index (χ0) is 24.5. The molecule has 1 fully saturated rings. The quantitative estimate of drug-likeness (QED) is 0.293. The van der Waals surface area contributed by atoms with E-state index >= 15 is 0 Å². The molecule has 0 saturated heterocycles. The van der Waals surface area contributed by atoms with Gasteiger partial charge in [0.05, 0.1) is 11.2 Å². The summed E-state index contributed by atoms with van der Waals surface area (Å²) in [6.07, 6.45) is 8.46. The Bertz CT molecular complexity index is 1460. The summed E-state index contributed by atoms with van der Waals surface area (Å²) < 4.78 is 15.6. The Balaban J connectivity index is 0.00000124. The molecule has 0 aliphatic heterocycles. The molecule has 1 aliphatic rings. The number of nitrogen functional groups attached to an aromatic ring is 1. The Labute approximate surface area is 203 Å². The number of aliphatic hydroxyl groups is 1. The molecule has 0 bridgehead atoms. The van der Waals surface area contributed by atoms with E-state index in [0.717, 1.165) is 70.6 Å². The van der Waals surface area contributed by atoms with Crippen LogP contribution in [0, 0.1) is 11.7 Å². The molecular weight excluding hydrogens is 441 g/mol. The average Bonchev–Trinajstić information content (AvgIpc) is 3.49. The van der Waals surface area contributed by atoms with E-state index in [4.69, 9.17) is 15.8 Å². The molecule has 4 N–H and O–H groups in total. The fourth-order valence-corrected chi connectivity index (χ4v) is 5.23. The number of nitrogens with zero attached hydrogens (tertiary/aromatic N) is 3. The molecule has 3 heterocycles. The van der Waals surface area contributed by atoms with Gasteiger partial charge in [-0.1, -0.05) is 50.1 Å². The highest BCUT2D eigenvalue weighted by Crippen LogP contribution is 2.39. The van der Waals surface area contributed by atoms with Gasteiger partial charge in [-0.15, -0.1) is 0 Å². The summed E-state index contributed by atoms with van der Waals surface area (Å²) in [6, 6.07) is 14.9. The Morgan fingerprint density at radius 2 is 1.80 bits per heavy atom.